The number of nitrogens with one attached hydrogen (secondary N) is 1. The van der Waals surface area contributed by atoms with Crippen molar-refractivity contribution < 1.29 is 50.8 Å². The molecule has 0 atom stereocenters. The second-order valence-corrected chi connectivity index (χ2v) is 5.15. The Labute approximate surface area is 180 Å². The molecule has 0 aromatic heterocycles. The van der Waals surface area contributed by atoms with Crippen LogP contribution >= 0.6 is 0 Å². The molecular formula is C17H19N5O6Pt. The van der Waals surface area contributed by atoms with Crippen LogP contribution < -0.4 is 5.32 Å². The van der Waals surface area contributed by atoms with Crippen LogP contribution in [-0.4, -0.2) is 39.7 Å². The van der Waals surface area contributed by atoms with Gasteiger partial charge in [-0.15, -0.1) is 0 Å². The van der Waals surface area contributed by atoms with Crippen LogP contribution in [0.15, 0.2) is 52.7 Å². The summed E-state index contributed by atoms with van der Waals surface area (Å²) in [6, 6.07) is 9.89. The first kappa shape index (κ1) is 28.1. The Hall–Kier alpha value is -3.14. The van der Waals surface area contributed by atoms with Crippen LogP contribution in [0.1, 0.15) is 27.1 Å². The van der Waals surface area contributed by atoms with Crippen LogP contribution in [0.25, 0.3) is 12.3 Å². The fraction of sp³-hybridized carbons (Fsp3) is 0.118. The summed E-state index contributed by atoms with van der Waals surface area (Å²) < 4.78 is 0. The molecule has 0 saturated heterocycles. The molecule has 0 heterocycles. The Morgan fingerprint density at radius 3 is 2.00 bits per heavy atom. The first-order valence-corrected chi connectivity index (χ1v) is 7.45. The van der Waals surface area contributed by atoms with Crippen molar-refractivity contribution in [1.82, 2.24) is 5.32 Å². The number of aromatic hydroxyl groups is 1. The second-order valence-electron chi connectivity index (χ2n) is 5.15. The zero-order chi connectivity index (χ0) is 19.1. The SMILES string of the molecule is O=C(O)CCNC(=O)c1ccc(N=Nc2ccc(O)c(C(=O)O)c2)cc1.[NH2-].[NH2-].[Pt+2]. The summed E-state index contributed by atoms with van der Waals surface area (Å²) >= 11 is 0. The number of nitrogens with zero attached hydrogens (tertiary/aromatic N) is 2. The monoisotopic (exact) mass is 584 g/mol. The topological polar surface area (TPSA) is 216 Å². The number of rotatable bonds is 7. The smallest absolute Gasteiger partial charge is 0.693 e. The second kappa shape index (κ2) is 13.1. The van der Waals surface area contributed by atoms with Gasteiger partial charge in [-0.25, -0.2) is 4.79 Å². The number of amides is 1. The van der Waals surface area contributed by atoms with Crippen molar-refractivity contribution in [2.75, 3.05) is 6.54 Å². The number of hydrogen-bond acceptors (Lipinski definition) is 6. The van der Waals surface area contributed by atoms with Gasteiger partial charge >= 0.3 is 33.0 Å². The molecule has 0 fully saturated rings. The van der Waals surface area contributed by atoms with E-state index in [0.29, 0.717) is 11.3 Å². The van der Waals surface area contributed by atoms with E-state index in [-0.39, 0.29) is 63.3 Å². The molecule has 12 heteroatoms. The van der Waals surface area contributed by atoms with E-state index < -0.39 is 17.8 Å². The normalized spacial score (nSPS) is 9.52. The number of nitrogens with two attached hydrogens (primary N) is 2. The molecule has 29 heavy (non-hydrogen) atoms. The van der Waals surface area contributed by atoms with Crippen LogP contribution in [0, 0.1) is 0 Å². The third-order valence-corrected chi connectivity index (χ3v) is 3.25. The van der Waals surface area contributed by atoms with Gasteiger partial charge in [-0.1, -0.05) is 0 Å². The molecule has 0 aliphatic rings. The number of benzene rings is 2. The zero-order valence-electron chi connectivity index (χ0n) is 14.9. The van der Waals surface area contributed by atoms with Crippen LogP contribution in [0.2, 0.25) is 0 Å². The Bertz CT molecular complexity index is 873. The summed E-state index contributed by atoms with van der Waals surface area (Å²) in [4.78, 5) is 33.2. The molecule has 2 aromatic carbocycles. The van der Waals surface area contributed by atoms with Crippen molar-refractivity contribution in [2.45, 2.75) is 6.42 Å². The Morgan fingerprint density at radius 1 is 0.897 bits per heavy atom. The molecule has 2 aromatic rings. The summed E-state index contributed by atoms with van der Waals surface area (Å²) in [7, 11) is 0. The van der Waals surface area contributed by atoms with Gasteiger partial charge in [0, 0.05) is 12.1 Å². The van der Waals surface area contributed by atoms with Gasteiger partial charge in [-0.05, 0) is 42.5 Å². The van der Waals surface area contributed by atoms with E-state index >= 15 is 0 Å². The molecule has 0 bridgehead atoms. The summed E-state index contributed by atoms with van der Waals surface area (Å²) in [5, 5.41) is 37.2. The molecule has 2 rings (SSSR count). The minimum Gasteiger partial charge on any atom is -0.693 e. The Balaban J connectivity index is 0. The van der Waals surface area contributed by atoms with Gasteiger partial charge in [-0.3, -0.25) is 9.59 Å². The molecule has 0 aliphatic heterocycles. The number of carbonyl (C=O) groups is 3. The van der Waals surface area contributed by atoms with Gasteiger partial charge in [0.2, 0.25) is 0 Å². The molecule has 1 amide bonds. The van der Waals surface area contributed by atoms with Gasteiger partial charge in [0.25, 0.3) is 5.91 Å². The Morgan fingerprint density at radius 2 is 1.45 bits per heavy atom. The molecule has 8 N–H and O–H groups in total. The van der Waals surface area contributed by atoms with Crippen molar-refractivity contribution in [3.63, 3.8) is 0 Å². The summed E-state index contributed by atoms with van der Waals surface area (Å²) in [6.45, 7) is 0.0301. The van der Waals surface area contributed by atoms with Gasteiger partial charge in [0.05, 0.1) is 17.8 Å². The molecule has 0 saturated carbocycles. The number of aromatic carboxylic acids is 1. The number of carbonyl (C=O) groups excluding carboxylic acids is 1. The predicted octanol–water partition coefficient (Wildman–Crippen LogP) is 4.14. The average molecular weight is 584 g/mol. The summed E-state index contributed by atoms with van der Waals surface area (Å²) in [5.41, 5.74) is 0.731. The molecule has 0 spiro atoms. The van der Waals surface area contributed by atoms with E-state index in [1.165, 1.54) is 42.5 Å². The molecule has 0 aliphatic carbocycles. The van der Waals surface area contributed by atoms with Crippen LogP contribution in [0.4, 0.5) is 11.4 Å². The van der Waals surface area contributed by atoms with Gasteiger partial charge in [-0.2, -0.15) is 10.2 Å². The summed E-state index contributed by atoms with van der Waals surface area (Å²) in [5.74, 6) is -3.05. The van der Waals surface area contributed by atoms with E-state index in [2.05, 4.69) is 15.5 Å². The third kappa shape index (κ3) is 8.60. The maximum absolute atomic E-state index is 11.8. The minimum atomic E-state index is -1.28. The summed E-state index contributed by atoms with van der Waals surface area (Å²) in [6.07, 6.45) is -0.164. The van der Waals surface area contributed by atoms with Gasteiger partial charge < -0.3 is 32.9 Å². The quantitative estimate of drug-likeness (QED) is 0.350. The Kier molecular flexibility index (Phi) is 12.7. The molecule has 0 radical (unpaired) electrons. The molecule has 0 unspecified atom stereocenters. The number of carboxylic acid groups (broad SMARTS) is 2. The molecular weight excluding hydrogens is 565 g/mol. The van der Waals surface area contributed by atoms with Crippen molar-refractivity contribution in [1.29, 1.82) is 0 Å². The van der Waals surface area contributed by atoms with Crippen molar-refractivity contribution in [3.05, 3.63) is 65.9 Å². The van der Waals surface area contributed by atoms with Crippen molar-refractivity contribution in [3.8, 4) is 5.75 Å². The average Bonchev–Trinajstić information content (AvgIpc) is 2.60. The minimum absolute atomic E-state index is 0. The standard InChI is InChI=1S/C17H15N3O6.2H2N.Pt/c21-14-6-5-12(9-13(14)17(25)26)20-19-11-3-1-10(2-4-11)16(24)18-8-7-15(22)23;;;/h1-6,9,21H,7-8H2,(H,18,24)(H,22,23)(H,25,26);2*1H2;/q;2*-1;+2. The van der Waals surface area contributed by atoms with E-state index in [1.54, 1.807) is 0 Å². The van der Waals surface area contributed by atoms with E-state index in [9.17, 15) is 19.5 Å². The third-order valence-electron chi connectivity index (χ3n) is 3.25. The van der Waals surface area contributed by atoms with Gasteiger partial charge in [0.1, 0.15) is 11.3 Å². The fourth-order valence-corrected chi connectivity index (χ4v) is 1.94. The number of aliphatic carboxylic acids is 1. The first-order valence-electron chi connectivity index (χ1n) is 7.45. The van der Waals surface area contributed by atoms with Gasteiger partial charge in [0.15, 0.2) is 0 Å². The van der Waals surface area contributed by atoms with Crippen molar-refractivity contribution in [2.24, 2.45) is 10.2 Å². The maximum Gasteiger partial charge on any atom is 2.00 e. The van der Waals surface area contributed by atoms with E-state index in [1.807, 2.05) is 0 Å². The van der Waals surface area contributed by atoms with Crippen LogP contribution in [0.5, 0.6) is 5.75 Å². The maximum atomic E-state index is 11.8. The van der Waals surface area contributed by atoms with E-state index in [4.69, 9.17) is 10.2 Å². The number of hydrogen-bond donors (Lipinski definition) is 4. The first-order chi connectivity index (χ1) is 12.4. The number of carboxylic acids is 2. The van der Waals surface area contributed by atoms with Crippen LogP contribution in [0.3, 0.4) is 0 Å². The van der Waals surface area contributed by atoms with Crippen molar-refractivity contribution >= 4 is 29.2 Å². The predicted molar refractivity (Wildman–Crippen MR) is 101 cm³/mol. The number of azo groups is 1. The number of phenols is 1. The fourth-order valence-electron chi connectivity index (χ4n) is 1.94. The largest absolute Gasteiger partial charge is 2.00 e. The molecule has 11 nitrogen and oxygen atoms in total. The van der Waals surface area contributed by atoms with E-state index in [0.717, 1.165) is 0 Å². The van der Waals surface area contributed by atoms with Crippen LogP contribution in [-0.2, 0) is 25.9 Å². The molecule has 158 valence electrons. The zero-order valence-corrected chi connectivity index (χ0v) is 17.2.